The number of carbonyl (C=O) groups is 1. The van der Waals surface area contributed by atoms with E-state index in [1.54, 1.807) is 18.5 Å². The number of halogens is 1. The molecule has 0 radical (unpaired) electrons. The van der Waals surface area contributed by atoms with Gasteiger partial charge in [-0.2, -0.15) is 0 Å². The van der Waals surface area contributed by atoms with E-state index in [2.05, 4.69) is 45.1 Å². The van der Waals surface area contributed by atoms with Gasteiger partial charge in [-0.15, -0.1) is 0 Å². The van der Waals surface area contributed by atoms with Crippen LogP contribution in [-0.4, -0.2) is 27.7 Å². The van der Waals surface area contributed by atoms with E-state index < -0.39 is 0 Å². The third kappa shape index (κ3) is 3.29. The quantitative estimate of drug-likeness (QED) is 0.881. The smallest absolute Gasteiger partial charge is 0.253 e. The van der Waals surface area contributed by atoms with Gasteiger partial charge in [-0.25, -0.2) is 0 Å². The molecule has 1 amide bonds. The number of fused-ring (bicyclic) bond motifs is 1. The van der Waals surface area contributed by atoms with Crippen LogP contribution in [0.5, 0.6) is 0 Å². The van der Waals surface area contributed by atoms with Gasteiger partial charge in [0.2, 0.25) is 0 Å². The fourth-order valence-corrected chi connectivity index (χ4v) is 1.84. The second-order valence-corrected chi connectivity index (χ2v) is 5.77. The van der Waals surface area contributed by atoms with Crippen molar-refractivity contribution >= 4 is 32.9 Å². The molecule has 2 aromatic rings. The average Bonchev–Trinajstić information content (AvgIpc) is 2.44. The molecule has 0 spiro atoms. The highest BCUT2D eigenvalue weighted by atomic mass is 79.9. The van der Waals surface area contributed by atoms with Crippen molar-refractivity contribution in [2.24, 2.45) is 5.41 Å². The van der Waals surface area contributed by atoms with E-state index in [4.69, 9.17) is 0 Å². The Morgan fingerprint density at radius 1 is 1.32 bits per heavy atom. The van der Waals surface area contributed by atoms with Crippen molar-refractivity contribution in [2.45, 2.75) is 13.8 Å². The highest BCUT2D eigenvalue weighted by Crippen LogP contribution is 2.18. The average molecular weight is 322 g/mol. The molecule has 2 rings (SSSR count). The van der Waals surface area contributed by atoms with Gasteiger partial charge in [-0.1, -0.05) is 35.8 Å². The summed E-state index contributed by atoms with van der Waals surface area (Å²) in [6.45, 7) is 4.78. The van der Waals surface area contributed by atoms with Crippen molar-refractivity contribution < 1.29 is 4.79 Å². The summed E-state index contributed by atoms with van der Waals surface area (Å²) in [5.41, 5.74) is 1.95. The number of para-hydroxylation sites is 1. The Morgan fingerprint density at radius 3 is 2.79 bits per heavy atom. The van der Waals surface area contributed by atoms with Crippen molar-refractivity contribution in [3.63, 3.8) is 0 Å². The first-order valence-electron chi connectivity index (χ1n) is 6.07. The van der Waals surface area contributed by atoms with E-state index in [0.717, 1.165) is 10.8 Å². The lowest BCUT2D eigenvalue weighted by molar-refractivity contribution is 0.0941. The summed E-state index contributed by atoms with van der Waals surface area (Å²) in [5.74, 6) is -0.111. The number of nitrogens with one attached hydrogen (secondary N) is 1. The SMILES string of the molecule is CC(C)(CBr)CNC(=O)c1cccc2nccnc12. The molecule has 0 unspecified atom stereocenters. The van der Waals surface area contributed by atoms with Crippen LogP contribution in [-0.2, 0) is 0 Å². The van der Waals surface area contributed by atoms with Gasteiger partial charge in [-0.3, -0.25) is 14.8 Å². The highest BCUT2D eigenvalue weighted by molar-refractivity contribution is 9.09. The van der Waals surface area contributed by atoms with E-state index in [1.807, 2.05) is 12.1 Å². The Balaban J connectivity index is 2.23. The van der Waals surface area contributed by atoms with Crippen LogP contribution in [0.2, 0.25) is 0 Å². The Morgan fingerprint density at radius 2 is 2.05 bits per heavy atom. The summed E-state index contributed by atoms with van der Waals surface area (Å²) >= 11 is 3.44. The van der Waals surface area contributed by atoms with E-state index in [9.17, 15) is 4.79 Å². The lowest BCUT2D eigenvalue weighted by atomic mass is 9.96. The summed E-state index contributed by atoms with van der Waals surface area (Å²) in [4.78, 5) is 20.7. The zero-order chi connectivity index (χ0) is 13.9. The molecule has 1 heterocycles. The number of rotatable bonds is 4. The second-order valence-electron chi connectivity index (χ2n) is 5.21. The van der Waals surface area contributed by atoms with Gasteiger partial charge >= 0.3 is 0 Å². The zero-order valence-corrected chi connectivity index (χ0v) is 12.6. The van der Waals surface area contributed by atoms with Crippen LogP contribution < -0.4 is 5.32 Å². The maximum Gasteiger partial charge on any atom is 0.253 e. The molecule has 0 aliphatic heterocycles. The fourth-order valence-electron chi connectivity index (χ4n) is 1.64. The molecule has 1 aromatic heterocycles. The minimum atomic E-state index is -0.111. The molecule has 0 bridgehead atoms. The lowest BCUT2D eigenvalue weighted by Gasteiger charge is -2.21. The molecule has 0 fully saturated rings. The summed E-state index contributed by atoms with van der Waals surface area (Å²) < 4.78 is 0. The van der Waals surface area contributed by atoms with E-state index in [1.165, 1.54) is 0 Å². The minimum absolute atomic E-state index is 0.0198. The van der Waals surface area contributed by atoms with Gasteiger partial charge in [-0.05, 0) is 17.5 Å². The molecule has 5 heteroatoms. The molecular weight excluding hydrogens is 306 g/mol. The summed E-state index contributed by atoms with van der Waals surface area (Å²) in [6.07, 6.45) is 3.22. The minimum Gasteiger partial charge on any atom is -0.351 e. The van der Waals surface area contributed by atoms with Crippen LogP contribution in [0.4, 0.5) is 0 Å². The van der Waals surface area contributed by atoms with Gasteiger partial charge in [0.1, 0.15) is 5.52 Å². The molecule has 0 aliphatic rings. The maximum absolute atomic E-state index is 12.2. The van der Waals surface area contributed by atoms with Gasteiger partial charge in [0, 0.05) is 24.3 Å². The van der Waals surface area contributed by atoms with E-state index >= 15 is 0 Å². The maximum atomic E-state index is 12.2. The Labute approximate surface area is 120 Å². The normalized spacial score (nSPS) is 11.5. The predicted molar refractivity (Wildman–Crippen MR) is 79.4 cm³/mol. The molecule has 1 N–H and O–H groups in total. The van der Waals surface area contributed by atoms with Gasteiger partial charge < -0.3 is 5.32 Å². The third-order valence-corrected chi connectivity index (χ3v) is 4.35. The monoisotopic (exact) mass is 321 g/mol. The number of nitrogens with zero attached hydrogens (tertiary/aromatic N) is 2. The Kier molecular flexibility index (Phi) is 4.14. The first-order chi connectivity index (χ1) is 9.03. The van der Waals surface area contributed by atoms with Crippen LogP contribution >= 0.6 is 15.9 Å². The molecule has 100 valence electrons. The molecule has 1 aromatic carbocycles. The largest absolute Gasteiger partial charge is 0.351 e. The fraction of sp³-hybridized carbons (Fsp3) is 0.357. The predicted octanol–water partition coefficient (Wildman–Crippen LogP) is 2.78. The van der Waals surface area contributed by atoms with Crippen LogP contribution in [0, 0.1) is 5.41 Å². The Bertz CT molecular complexity index is 593. The molecule has 19 heavy (non-hydrogen) atoms. The van der Waals surface area contributed by atoms with Crippen molar-refractivity contribution in [2.75, 3.05) is 11.9 Å². The number of alkyl halides is 1. The number of carbonyl (C=O) groups excluding carboxylic acids is 1. The molecule has 0 aliphatic carbocycles. The summed E-state index contributed by atoms with van der Waals surface area (Å²) in [7, 11) is 0. The number of benzene rings is 1. The first kappa shape index (κ1) is 13.9. The molecule has 0 saturated heterocycles. The van der Waals surface area contributed by atoms with E-state index in [-0.39, 0.29) is 11.3 Å². The standard InChI is InChI=1S/C14H16BrN3O/c1-14(2,8-15)9-18-13(19)10-4-3-5-11-12(10)17-7-6-16-11/h3-7H,8-9H2,1-2H3,(H,18,19). The van der Waals surface area contributed by atoms with Crippen LogP contribution in [0.25, 0.3) is 11.0 Å². The van der Waals surface area contributed by atoms with Crippen molar-refractivity contribution in [3.05, 3.63) is 36.2 Å². The van der Waals surface area contributed by atoms with Gasteiger partial charge in [0.25, 0.3) is 5.91 Å². The number of hydrogen-bond donors (Lipinski definition) is 1. The molecule has 4 nitrogen and oxygen atoms in total. The van der Waals surface area contributed by atoms with Gasteiger partial charge in [0.05, 0.1) is 11.1 Å². The lowest BCUT2D eigenvalue weighted by Crippen LogP contribution is -2.35. The molecule has 0 atom stereocenters. The topological polar surface area (TPSA) is 54.9 Å². The number of aromatic nitrogens is 2. The summed E-state index contributed by atoms with van der Waals surface area (Å²) in [6, 6.07) is 5.44. The van der Waals surface area contributed by atoms with Crippen molar-refractivity contribution in [1.82, 2.24) is 15.3 Å². The van der Waals surface area contributed by atoms with Crippen molar-refractivity contribution in [1.29, 1.82) is 0 Å². The third-order valence-electron chi connectivity index (χ3n) is 2.83. The Hall–Kier alpha value is -1.49. The second kappa shape index (κ2) is 5.65. The zero-order valence-electron chi connectivity index (χ0n) is 11.0. The first-order valence-corrected chi connectivity index (χ1v) is 7.19. The van der Waals surface area contributed by atoms with Crippen LogP contribution in [0.1, 0.15) is 24.2 Å². The summed E-state index contributed by atoms with van der Waals surface area (Å²) in [5, 5.41) is 3.77. The van der Waals surface area contributed by atoms with Crippen molar-refractivity contribution in [3.8, 4) is 0 Å². The van der Waals surface area contributed by atoms with E-state index in [0.29, 0.717) is 17.6 Å². The molecular formula is C14H16BrN3O. The van der Waals surface area contributed by atoms with Gasteiger partial charge in [0.15, 0.2) is 0 Å². The van der Waals surface area contributed by atoms with Crippen LogP contribution in [0.15, 0.2) is 30.6 Å². The number of hydrogen-bond acceptors (Lipinski definition) is 3. The van der Waals surface area contributed by atoms with Crippen LogP contribution in [0.3, 0.4) is 0 Å². The number of amides is 1. The molecule has 0 saturated carbocycles. The highest BCUT2D eigenvalue weighted by Gasteiger charge is 2.18.